The van der Waals surface area contributed by atoms with Gasteiger partial charge in [-0.05, 0) is 31.4 Å². The van der Waals surface area contributed by atoms with Gasteiger partial charge in [-0.15, -0.1) is 0 Å². The van der Waals surface area contributed by atoms with Crippen molar-refractivity contribution in [3.63, 3.8) is 0 Å². The number of hydrogen-bond acceptors (Lipinski definition) is 1. The fraction of sp³-hybridized carbons (Fsp3) is 0.500. The highest BCUT2D eigenvalue weighted by Gasteiger charge is 2.23. The number of rotatable bonds is 3. The third kappa shape index (κ3) is 2.34. The lowest BCUT2D eigenvalue weighted by atomic mass is 10.2. The summed E-state index contributed by atoms with van der Waals surface area (Å²) in [6, 6.07) is 2.47. The summed E-state index contributed by atoms with van der Waals surface area (Å²) in [4.78, 5) is 14.4. The normalized spacial score (nSPS) is 15.8. The van der Waals surface area contributed by atoms with Crippen LogP contribution in [0.5, 0.6) is 0 Å². The van der Waals surface area contributed by atoms with Crippen LogP contribution in [0.1, 0.15) is 24.1 Å². The summed E-state index contributed by atoms with van der Waals surface area (Å²) in [5.74, 6) is 0.140. The second-order valence-electron chi connectivity index (χ2n) is 3.71. The summed E-state index contributed by atoms with van der Waals surface area (Å²) in [6.07, 6.45) is 4.69. The monoisotopic (exact) mass is 178 g/mol. The molecule has 0 atom stereocenters. The molecule has 1 aromatic rings. The quantitative estimate of drug-likeness (QED) is 0.716. The topological polar surface area (TPSA) is 44.9 Å². The van der Waals surface area contributed by atoms with Crippen molar-refractivity contribution in [3.05, 3.63) is 23.5 Å². The number of aromatic amines is 1. The molecule has 1 amide bonds. The minimum absolute atomic E-state index is 0.140. The van der Waals surface area contributed by atoms with Gasteiger partial charge >= 0.3 is 0 Å². The Labute approximate surface area is 77.5 Å². The van der Waals surface area contributed by atoms with Gasteiger partial charge in [-0.2, -0.15) is 0 Å². The number of aromatic nitrogens is 1. The van der Waals surface area contributed by atoms with Gasteiger partial charge in [0.1, 0.15) is 0 Å². The molecule has 2 rings (SSSR count). The smallest absolute Gasteiger partial charge is 0.224 e. The van der Waals surface area contributed by atoms with Gasteiger partial charge < -0.3 is 10.3 Å². The molecule has 0 spiro atoms. The zero-order valence-electron chi connectivity index (χ0n) is 7.76. The van der Waals surface area contributed by atoms with Crippen LogP contribution in [0.3, 0.4) is 0 Å². The Balaban J connectivity index is 1.85. The molecule has 1 fully saturated rings. The van der Waals surface area contributed by atoms with Crippen molar-refractivity contribution >= 4 is 5.91 Å². The Kier molecular flexibility index (Phi) is 2.08. The van der Waals surface area contributed by atoms with E-state index >= 15 is 0 Å². The summed E-state index contributed by atoms with van der Waals surface area (Å²) >= 11 is 0. The van der Waals surface area contributed by atoms with Crippen molar-refractivity contribution in [3.8, 4) is 0 Å². The van der Waals surface area contributed by atoms with E-state index in [4.69, 9.17) is 0 Å². The Morgan fingerprint density at radius 1 is 1.69 bits per heavy atom. The Morgan fingerprint density at radius 2 is 2.46 bits per heavy atom. The molecule has 1 aliphatic carbocycles. The van der Waals surface area contributed by atoms with E-state index in [1.54, 1.807) is 0 Å². The molecule has 70 valence electrons. The minimum atomic E-state index is 0.140. The van der Waals surface area contributed by atoms with Gasteiger partial charge in [-0.25, -0.2) is 0 Å². The molecular formula is C10H14N2O. The molecule has 13 heavy (non-hydrogen) atoms. The van der Waals surface area contributed by atoms with E-state index in [0.717, 1.165) is 24.1 Å². The van der Waals surface area contributed by atoms with Crippen LogP contribution in [-0.4, -0.2) is 16.9 Å². The number of nitrogens with one attached hydrogen (secondary N) is 2. The maximum absolute atomic E-state index is 11.3. The van der Waals surface area contributed by atoms with Gasteiger partial charge in [-0.1, -0.05) is 0 Å². The molecule has 1 heterocycles. The Bertz CT molecular complexity index is 312. The second kappa shape index (κ2) is 3.24. The number of amides is 1. The largest absolute Gasteiger partial charge is 0.365 e. The van der Waals surface area contributed by atoms with Crippen molar-refractivity contribution in [2.75, 3.05) is 0 Å². The van der Waals surface area contributed by atoms with Crippen LogP contribution < -0.4 is 5.32 Å². The van der Waals surface area contributed by atoms with Gasteiger partial charge in [0, 0.05) is 17.9 Å². The molecule has 1 aromatic heterocycles. The van der Waals surface area contributed by atoms with Gasteiger partial charge in [0.05, 0.1) is 6.42 Å². The van der Waals surface area contributed by atoms with E-state index in [2.05, 4.69) is 10.3 Å². The first kappa shape index (κ1) is 8.35. The minimum Gasteiger partial charge on any atom is -0.365 e. The average Bonchev–Trinajstić information content (AvgIpc) is 2.76. The summed E-state index contributed by atoms with van der Waals surface area (Å²) in [5.41, 5.74) is 2.17. The lowest BCUT2D eigenvalue weighted by Gasteiger charge is -2.00. The number of carbonyl (C=O) groups is 1. The van der Waals surface area contributed by atoms with Gasteiger partial charge in [-0.3, -0.25) is 4.79 Å². The van der Waals surface area contributed by atoms with E-state index in [-0.39, 0.29) is 5.91 Å². The highest BCUT2D eigenvalue weighted by molar-refractivity contribution is 5.79. The third-order valence-corrected chi connectivity index (χ3v) is 2.19. The van der Waals surface area contributed by atoms with Gasteiger partial charge in [0.2, 0.25) is 5.91 Å². The molecular weight excluding hydrogens is 164 g/mol. The zero-order valence-corrected chi connectivity index (χ0v) is 7.76. The second-order valence-corrected chi connectivity index (χ2v) is 3.71. The fourth-order valence-corrected chi connectivity index (χ4v) is 1.36. The molecule has 0 aliphatic heterocycles. The van der Waals surface area contributed by atoms with Gasteiger partial charge in [0.25, 0.3) is 0 Å². The molecule has 0 saturated heterocycles. The van der Waals surface area contributed by atoms with Crippen LogP contribution in [0.15, 0.2) is 12.3 Å². The zero-order chi connectivity index (χ0) is 9.26. The molecule has 0 radical (unpaired) electrons. The predicted molar refractivity (Wildman–Crippen MR) is 50.4 cm³/mol. The first-order chi connectivity index (χ1) is 6.24. The molecule has 0 aromatic carbocycles. The standard InChI is InChI=1S/C10H14N2O/c1-7-4-8(6-11-7)5-10(13)12-9-2-3-9/h4,6,9,11H,2-3,5H2,1H3,(H,12,13). The lowest BCUT2D eigenvalue weighted by Crippen LogP contribution is -2.26. The summed E-state index contributed by atoms with van der Waals surface area (Å²) in [5, 5.41) is 2.96. The van der Waals surface area contributed by atoms with E-state index in [1.165, 1.54) is 0 Å². The maximum Gasteiger partial charge on any atom is 0.224 e. The first-order valence-electron chi connectivity index (χ1n) is 4.67. The molecule has 3 heteroatoms. The highest BCUT2D eigenvalue weighted by atomic mass is 16.1. The fourth-order valence-electron chi connectivity index (χ4n) is 1.36. The predicted octanol–water partition coefficient (Wildman–Crippen LogP) is 1.14. The summed E-state index contributed by atoms with van der Waals surface area (Å²) in [6.45, 7) is 1.99. The van der Waals surface area contributed by atoms with E-state index in [0.29, 0.717) is 12.5 Å². The number of carbonyl (C=O) groups excluding carboxylic acids is 1. The summed E-state index contributed by atoms with van der Waals surface area (Å²) < 4.78 is 0. The Hall–Kier alpha value is -1.25. The van der Waals surface area contributed by atoms with Crippen LogP contribution in [0, 0.1) is 6.92 Å². The molecule has 0 unspecified atom stereocenters. The van der Waals surface area contributed by atoms with Crippen LogP contribution in [0.25, 0.3) is 0 Å². The highest BCUT2D eigenvalue weighted by Crippen LogP contribution is 2.18. The van der Waals surface area contributed by atoms with Crippen molar-refractivity contribution in [1.82, 2.24) is 10.3 Å². The van der Waals surface area contributed by atoms with Gasteiger partial charge in [0.15, 0.2) is 0 Å². The Morgan fingerprint density at radius 3 is 3.00 bits per heavy atom. The molecule has 3 nitrogen and oxygen atoms in total. The number of H-pyrrole nitrogens is 1. The van der Waals surface area contributed by atoms with Crippen molar-refractivity contribution in [2.45, 2.75) is 32.2 Å². The maximum atomic E-state index is 11.3. The molecule has 1 aliphatic rings. The van der Waals surface area contributed by atoms with Crippen molar-refractivity contribution in [1.29, 1.82) is 0 Å². The number of hydrogen-bond donors (Lipinski definition) is 2. The third-order valence-electron chi connectivity index (χ3n) is 2.19. The van der Waals surface area contributed by atoms with Crippen LogP contribution >= 0.6 is 0 Å². The van der Waals surface area contributed by atoms with Crippen LogP contribution in [0.2, 0.25) is 0 Å². The molecule has 1 saturated carbocycles. The van der Waals surface area contributed by atoms with E-state index in [9.17, 15) is 4.79 Å². The average molecular weight is 178 g/mol. The lowest BCUT2D eigenvalue weighted by molar-refractivity contribution is -0.120. The number of aryl methyl sites for hydroxylation is 1. The van der Waals surface area contributed by atoms with Crippen molar-refractivity contribution in [2.24, 2.45) is 0 Å². The molecule has 2 N–H and O–H groups in total. The van der Waals surface area contributed by atoms with Crippen LogP contribution in [-0.2, 0) is 11.2 Å². The van der Waals surface area contributed by atoms with E-state index < -0.39 is 0 Å². The first-order valence-corrected chi connectivity index (χ1v) is 4.67. The van der Waals surface area contributed by atoms with Crippen molar-refractivity contribution < 1.29 is 4.79 Å². The van der Waals surface area contributed by atoms with E-state index in [1.807, 2.05) is 19.2 Å². The van der Waals surface area contributed by atoms with Crippen LogP contribution in [0.4, 0.5) is 0 Å². The molecule has 0 bridgehead atoms. The summed E-state index contributed by atoms with van der Waals surface area (Å²) in [7, 11) is 0. The SMILES string of the molecule is Cc1cc(CC(=O)NC2CC2)c[nH]1.